The lowest BCUT2D eigenvalue weighted by Crippen LogP contribution is -2.49. The van der Waals surface area contributed by atoms with Crippen molar-refractivity contribution in [1.82, 2.24) is 10.2 Å². The number of hydrogen-bond acceptors (Lipinski definition) is 2. The van der Waals surface area contributed by atoms with E-state index in [1.165, 1.54) is 5.56 Å². The van der Waals surface area contributed by atoms with Gasteiger partial charge in [0.2, 0.25) is 5.91 Å². The second kappa shape index (κ2) is 7.44. The van der Waals surface area contributed by atoms with Crippen LogP contribution in [0.25, 0.3) is 0 Å². The van der Waals surface area contributed by atoms with Gasteiger partial charge >= 0.3 is 0 Å². The van der Waals surface area contributed by atoms with E-state index in [1.54, 1.807) is 0 Å². The fourth-order valence-corrected chi connectivity index (χ4v) is 2.93. The van der Waals surface area contributed by atoms with Crippen LogP contribution in [-0.4, -0.2) is 36.0 Å². The van der Waals surface area contributed by atoms with Crippen molar-refractivity contribution < 1.29 is 4.79 Å². The van der Waals surface area contributed by atoms with Crippen molar-refractivity contribution in [2.45, 2.75) is 51.6 Å². The molecule has 1 saturated heterocycles. The standard InChI is InChI=1S/C17H26N2O/c1-3-17(20)18-16-10-12-19(14(2)13-16)11-9-15-7-5-4-6-8-15/h4-8,14,16H,3,9-13H2,1-2H3,(H,18,20)/t14-,16+/m0/s1. The van der Waals surface area contributed by atoms with E-state index in [4.69, 9.17) is 0 Å². The monoisotopic (exact) mass is 274 g/mol. The van der Waals surface area contributed by atoms with Gasteiger partial charge in [-0.25, -0.2) is 0 Å². The highest BCUT2D eigenvalue weighted by atomic mass is 16.1. The fraction of sp³-hybridized carbons (Fsp3) is 0.588. The van der Waals surface area contributed by atoms with Gasteiger partial charge in [0, 0.05) is 31.6 Å². The molecule has 0 aliphatic carbocycles. The van der Waals surface area contributed by atoms with E-state index >= 15 is 0 Å². The zero-order valence-electron chi connectivity index (χ0n) is 12.6. The topological polar surface area (TPSA) is 32.3 Å². The molecule has 2 atom stereocenters. The first kappa shape index (κ1) is 15.0. The third kappa shape index (κ3) is 4.34. The summed E-state index contributed by atoms with van der Waals surface area (Å²) in [6, 6.07) is 11.6. The first-order valence-corrected chi connectivity index (χ1v) is 7.76. The molecule has 0 bridgehead atoms. The van der Waals surface area contributed by atoms with Crippen LogP contribution in [0.15, 0.2) is 30.3 Å². The molecule has 1 fully saturated rings. The molecule has 0 saturated carbocycles. The molecule has 1 aliphatic rings. The average molecular weight is 274 g/mol. The molecule has 3 heteroatoms. The number of benzene rings is 1. The molecule has 1 heterocycles. The fourth-order valence-electron chi connectivity index (χ4n) is 2.93. The number of nitrogens with zero attached hydrogens (tertiary/aromatic N) is 1. The molecule has 1 aliphatic heterocycles. The number of carbonyl (C=O) groups is 1. The molecule has 1 amide bonds. The molecule has 0 spiro atoms. The number of piperidine rings is 1. The summed E-state index contributed by atoms with van der Waals surface area (Å²) >= 11 is 0. The van der Waals surface area contributed by atoms with Gasteiger partial charge in [0.05, 0.1) is 0 Å². The summed E-state index contributed by atoms with van der Waals surface area (Å²) in [5.74, 6) is 0.180. The quantitative estimate of drug-likeness (QED) is 0.895. The second-order valence-electron chi connectivity index (χ2n) is 5.76. The van der Waals surface area contributed by atoms with E-state index < -0.39 is 0 Å². The van der Waals surface area contributed by atoms with Crippen molar-refractivity contribution in [3.05, 3.63) is 35.9 Å². The largest absolute Gasteiger partial charge is 0.353 e. The average Bonchev–Trinajstić information content (AvgIpc) is 2.47. The number of amides is 1. The van der Waals surface area contributed by atoms with E-state index in [0.29, 0.717) is 18.5 Å². The van der Waals surface area contributed by atoms with Crippen molar-refractivity contribution in [2.75, 3.05) is 13.1 Å². The Balaban J connectivity index is 1.77. The molecule has 0 unspecified atom stereocenters. The lowest BCUT2D eigenvalue weighted by atomic mass is 9.97. The molecule has 110 valence electrons. The number of carbonyl (C=O) groups excluding carboxylic acids is 1. The number of likely N-dealkylation sites (tertiary alicyclic amines) is 1. The summed E-state index contributed by atoms with van der Waals surface area (Å²) in [6.45, 7) is 6.38. The molecule has 0 radical (unpaired) electrons. The Kier molecular flexibility index (Phi) is 5.60. The predicted octanol–water partition coefficient (Wildman–Crippen LogP) is 2.61. The minimum absolute atomic E-state index is 0.180. The van der Waals surface area contributed by atoms with Gasteiger partial charge in [-0.05, 0) is 31.7 Å². The highest BCUT2D eigenvalue weighted by Gasteiger charge is 2.25. The van der Waals surface area contributed by atoms with E-state index in [-0.39, 0.29) is 5.91 Å². The minimum atomic E-state index is 0.180. The number of hydrogen-bond donors (Lipinski definition) is 1. The molecule has 1 aromatic carbocycles. The van der Waals surface area contributed by atoms with Crippen molar-refractivity contribution in [1.29, 1.82) is 0 Å². The van der Waals surface area contributed by atoms with Crippen molar-refractivity contribution in [3.63, 3.8) is 0 Å². The van der Waals surface area contributed by atoms with Crippen LogP contribution in [0.5, 0.6) is 0 Å². The summed E-state index contributed by atoms with van der Waals surface area (Å²) in [6.07, 6.45) is 3.84. The molecule has 2 rings (SSSR count). The number of nitrogens with one attached hydrogen (secondary N) is 1. The molecular formula is C17H26N2O. The summed E-state index contributed by atoms with van der Waals surface area (Å²) in [5, 5.41) is 3.13. The summed E-state index contributed by atoms with van der Waals surface area (Å²) in [5.41, 5.74) is 1.40. The Morgan fingerprint density at radius 2 is 2.10 bits per heavy atom. The maximum Gasteiger partial charge on any atom is 0.219 e. The first-order chi connectivity index (χ1) is 9.69. The van der Waals surface area contributed by atoms with Crippen molar-refractivity contribution >= 4 is 5.91 Å². The third-order valence-corrected chi connectivity index (χ3v) is 4.23. The minimum Gasteiger partial charge on any atom is -0.353 e. The van der Waals surface area contributed by atoms with Gasteiger partial charge in [-0.3, -0.25) is 4.79 Å². The Morgan fingerprint density at radius 1 is 1.35 bits per heavy atom. The van der Waals surface area contributed by atoms with Gasteiger partial charge in [-0.2, -0.15) is 0 Å². The SMILES string of the molecule is CCC(=O)N[C@@H]1CCN(CCc2ccccc2)[C@@H](C)C1. The third-order valence-electron chi connectivity index (χ3n) is 4.23. The van der Waals surface area contributed by atoms with Gasteiger partial charge in [0.1, 0.15) is 0 Å². The van der Waals surface area contributed by atoms with Gasteiger partial charge in [0.15, 0.2) is 0 Å². The van der Waals surface area contributed by atoms with Gasteiger partial charge in [-0.15, -0.1) is 0 Å². The zero-order valence-corrected chi connectivity index (χ0v) is 12.6. The van der Waals surface area contributed by atoms with Gasteiger partial charge in [0.25, 0.3) is 0 Å². The first-order valence-electron chi connectivity index (χ1n) is 7.76. The summed E-state index contributed by atoms with van der Waals surface area (Å²) in [4.78, 5) is 14.0. The normalized spacial score (nSPS) is 23.5. The molecular weight excluding hydrogens is 248 g/mol. The Bertz CT molecular complexity index is 418. The highest BCUT2D eigenvalue weighted by Crippen LogP contribution is 2.18. The van der Waals surface area contributed by atoms with Crippen LogP contribution in [0.4, 0.5) is 0 Å². The highest BCUT2D eigenvalue weighted by molar-refractivity contribution is 5.75. The van der Waals surface area contributed by atoms with Crippen molar-refractivity contribution in [2.24, 2.45) is 0 Å². The van der Waals surface area contributed by atoms with Crippen LogP contribution >= 0.6 is 0 Å². The lowest BCUT2D eigenvalue weighted by Gasteiger charge is -2.38. The summed E-state index contributed by atoms with van der Waals surface area (Å²) < 4.78 is 0. The zero-order chi connectivity index (χ0) is 14.4. The Hall–Kier alpha value is -1.35. The van der Waals surface area contributed by atoms with E-state index in [9.17, 15) is 4.79 Å². The van der Waals surface area contributed by atoms with E-state index in [2.05, 4.69) is 47.5 Å². The van der Waals surface area contributed by atoms with Crippen LogP contribution in [0, 0.1) is 0 Å². The second-order valence-corrected chi connectivity index (χ2v) is 5.76. The molecule has 1 N–H and O–H groups in total. The van der Waals surface area contributed by atoms with Gasteiger partial charge in [-0.1, -0.05) is 37.3 Å². The maximum atomic E-state index is 11.5. The Labute approximate surface area is 122 Å². The maximum absolute atomic E-state index is 11.5. The molecule has 0 aromatic heterocycles. The predicted molar refractivity (Wildman–Crippen MR) is 82.6 cm³/mol. The van der Waals surface area contributed by atoms with E-state index in [1.807, 2.05) is 6.92 Å². The lowest BCUT2D eigenvalue weighted by molar-refractivity contribution is -0.121. The van der Waals surface area contributed by atoms with Crippen LogP contribution in [0.3, 0.4) is 0 Å². The van der Waals surface area contributed by atoms with Crippen molar-refractivity contribution in [3.8, 4) is 0 Å². The summed E-state index contributed by atoms with van der Waals surface area (Å²) in [7, 11) is 0. The van der Waals surface area contributed by atoms with Crippen LogP contribution in [0.1, 0.15) is 38.7 Å². The van der Waals surface area contributed by atoms with E-state index in [0.717, 1.165) is 32.4 Å². The van der Waals surface area contributed by atoms with Crippen LogP contribution in [0.2, 0.25) is 0 Å². The van der Waals surface area contributed by atoms with Gasteiger partial charge < -0.3 is 10.2 Å². The van der Waals surface area contributed by atoms with Crippen LogP contribution in [-0.2, 0) is 11.2 Å². The molecule has 1 aromatic rings. The van der Waals surface area contributed by atoms with Crippen LogP contribution < -0.4 is 5.32 Å². The smallest absolute Gasteiger partial charge is 0.219 e. The number of rotatable bonds is 5. The molecule has 3 nitrogen and oxygen atoms in total. The Morgan fingerprint density at radius 3 is 2.75 bits per heavy atom. The molecule has 20 heavy (non-hydrogen) atoms.